The maximum atomic E-state index is 11.1. The molecule has 1 aromatic heterocycles. The van der Waals surface area contributed by atoms with Gasteiger partial charge in [-0.25, -0.2) is 0 Å². The van der Waals surface area contributed by atoms with E-state index >= 15 is 0 Å². The second-order valence-corrected chi connectivity index (χ2v) is 4.38. The number of rotatable bonds is 8. The summed E-state index contributed by atoms with van der Waals surface area (Å²) in [5.41, 5.74) is 0. The summed E-state index contributed by atoms with van der Waals surface area (Å²) in [4.78, 5) is 11.1. The van der Waals surface area contributed by atoms with Crippen LogP contribution in [0.25, 0.3) is 0 Å². The van der Waals surface area contributed by atoms with E-state index in [9.17, 15) is 4.79 Å². The Hall–Kier alpha value is -1.29. The van der Waals surface area contributed by atoms with Gasteiger partial charge in [0.2, 0.25) is 0 Å². The summed E-state index contributed by atoms with van der Waals surface area (Å²) >= 11 is 0. The number of hydrogen-bond acceptors (Lipinski definition) is 3. The highest BCUT2D eigenvalue weighted by Crippen LogP contribution is 2.07. The molecule has 0 spiro atoms. The van der Waals surface area contributed by atoms with Gasteiger partial charge in [-0.1, -0.05) is 19.8 Å². The summed E-state index contributed by atoms with van der Waals surface area (Å²) in [7, 11) is 0. The zero-order valence-electron chi connectivity index (χ0n) is 10.5. The van der Waals surface area contributed by atoms with Crippen LogP contribution < -0.4 is 5.32 Å². The van der Waals surface area contributed by atoms with Crippen molar-refractivity contribution >= 4 is 5.97 Å². The molecule has 4 heteroatoms. The molecule has 1 heterocycles. The van der Waals surface area contributed by atoms with E-state index < -0.39 is 12.0 Å². The van der Waals surface area contributed by atoms with Crippen molar-refractivity contribution in [2.24, 2.45) is 0 Å². The number of carbonyl (C=O) groups is 1. The second kappa shape index (κ2) is 7.12. The third-order valence-corrected chi connectivity index (χ3v) is 2.72. The van der Waals surface area contributed by atoms with Crippen LogP contribution in [0.5, 0.6) is 0 Å². The predicted molar refractivity (Wildman–Crippen MR) is 66.0 cm³/mol. The summed E-state index contributed by atoms with van der Waals surface area (Å²) in [6.45, 7) is 4.04. The molecule has 0 aromatic carbocycles. The average Bonchev–Trinajstić information content (AvgIpc) is 2.76. The molecule has 96 valence electrons. The van der Waals surface area contributed by atoms with Crippen molar-refractivity contribution in [3.63, 3.8) is 0 Å². The molecule has 0 saturated carbocycles. The van der Waals surface area contributed by atoms with E-state index in [1.54, 1.807) is 6.26 Å². The average molecular weight is 239 g/mol. The molecule has 4 nitrogen and oxygen atoms in total. The van der Waals surface area contributed by atoms with Crippen LogP contribution in [0.15, 0.2) is 22.8 Å². The van der Waals surface area contributed by atoms with E-state index in [-0.39, 0.29) is 6.04 Å². The van der Waals surface area contributed by atoms with E-state index in [2.05, 4.69) is 12.2 Å². The second-order valence-electron chi connectivity index (χ2n) is 4.38. The Morgan fingerprint density at radius 1 is 1.59 bits per heavy atom. The van der Waals surface area contributed by atoms with Crippen molar-refractivity contribution in [3.05, 3.63) is 24.2 Å². The highest BCUT2D eigenvalue weighted by Gasteiger charge is 2.19. The molecule has 2 atom stereocenters. The third-order valence-electron chi connectivity index (χ3n) is 2.72. The SMILES string of the molecule is CCCCC(NC(C)Cc1ccco1)C(=O)O. The molecule has 0 amide bonds. The van der Waals surface area contributed by atoms with Gasteiger partial charge in [0.15, 0.2) is 0 Å². The van der Waals surface area contributed by atoms with Gasteiger partial charge in [-0.05, 0) is 25.5 Å². The lowest BCUT2D eigenvalue weighted by atomic mass is 10.1. The third kappa shape index (κ3) is 5.04. The highest BCUT2D eigenvalue weighted by atomic mass is 16.4. The zero-order valence-corrected chi connectivity index (χ0v) is 10.5. The van der Waals surface area contributed by atoms with Crippen LogP contribution in [-0.2, 0) is 11.2 Å². The number of nitrogens with one attached hydrogen (secondary N) is 1. The van der Waals surface area contributed by atoms with Gasteiger partial charge in [0.25, 0.3) is 0 Å². The lowest BCUT2D eigenvalue weighted by Gasteiger charge is -2.19. The number of hydrogen-bond donors (Lipinski definition) is 2. The Balaban J connectivity index is 2.40. The minimum Gasteiger partial charge on any atom is -0.480 e. The Kier molecular flexibility index (Phi) is 5.77. The summed E-state index contributed by atoms with van der Waals surface area (Å²) < 4.78 is 5.24. The largest absolute Gasteiger partial charge is 0.480 e. The number of carboxylic acids is 1. The molecule has 0 aliphatic heterocycles. The molecule has 2 N–H and O–H groups in total. The van der Waals surface area contributed by atoms with E-state index in [1.807, 2.05) is 19.1 Å². The Morgan fingerprint density at radius 2 is 2.35 bits per heavy atom. The van der Waals surface area contributed by atoms with Gasteiger partial charge >= 0.3 is 5.97 Å². The molecular formula is C13H21NO3. The van der Waals surface area contributed by atoms with Gasteiger partial charge in [-0.3, -0.25) is 4.79 Å². The normalized spacial score (nSPS) is 14.5. The van der Waals surface area contributed by atoms with Gasteiger partial charge < -0.3 is 14.8 Å². The van der Waals surface area contributed by atoms with Crippen molar-refractivity contribution in [2.75, 3.05) is 0 Å². The Bertz CT molecular complexity index is 321. The first kappa shape index (κ1) is 13.8. The summed E-state index contributed by atoms with van der Waals surface area (Å²) in [5.74, 6) is 0.106. The van der Waals surface area contributed by atoms with E-state index in [0.29, 0.717) is 12.8 Å². The van der Waals surface area contributed by atoms with E-state index in [1.165, 1.54) is 0 Å². The maximum Gasteiger partial charge on any atom is 0.320 e. The van der Waals surface area contributed by atoms with Crippen LogP contribution in [0.4, 0.5) is 0 Å². The van der Waals surface area contributed by atoms with E-state index in [0.717, 1.165) is 18.6 Å². The quantitative estimate of drug-likeness (QED) is 0.731. The van der Waals surface area contributed by atoms with Crippen molar-refractivity contribution in [2.45, 2.75) is 51.6 Å². The molecule has 0 fully saturated rings. The molecule has 0 aliphatic carbocycles. The van der Waals surface area contributed by atoms with Crippen LogP contribution in [0.1, 0.15) is 38.9 Å². The molecule has 0 bridgehead atoms. The van der Waals surface area contributed by atoms with Crippen molar-refractivity contribution in [1.29, 1.82) is 0 Å². The van der Waals surface area contributed by atoms with Crippen molar-refractivity contribution in [3.8, 4) is 0 Å². The van der Waals surface area contributed by atoms with Crippen LogP contribution >= 0.6 is 0 Å². The first-order valence-electron chi connectivity index (χ1n) is 6.14. The maximum absolute atomic E-state index is 11.1. The standard InChI is InChI=1S/C13H21NO3/c1-3-4-7-12(13(15)16)14-10(2)9-11-6-5-8-17-11/h5-6,8,10,12,14H,3-4,7,9H2,1-2H3,(H,15,16). The summed E-state index contributed by atoms with van der Waals surface area (Å²) in [5, 5.41) is 12.2. The van der Waals surface area contributed by atoms with Crippen LogP contribution in [0, 0.1) is 0 Å². The lowest BCUT2D eigenvalue weighted by molar-refractivity contribution is -0.139. The van der Waals surface area contributed by atoms with Crippen LogP contribution in [0.2, 0.25) is 0 Å². The molecule has 2 unspecified atom stereocenters. The molecule has 17 heavy (non-hydrogen) atoms. The van der Waals surface area contributed by atoms with Gasteiger partial charge in [0, 0.05) is 12.5 Å². The van der Waals surface area contributed by atoms with Crippen LogP contribution in [0.3, 0.4) is 0 Å². The van der Waals surface area contributed by atoms with Gasteiger partial charge in [0.1, 0.15) is 11.8 Å². The molecular weight excluding hydrogens is 218 g/mol. The smallest absolute Gasteiger partial charge is 0.320 e. The fraction of sp³-hybridized carbons (Fsp3) is 0.615. The summed E-state index contributed by atoms with van der Waals surface area (Å²) in [6, 6.07) is 3.38. The minimum atomic E-state index is -0.773. The zero-order chi connectivity index (χ0) is 12.7. The fourth-order valence-electron chi connectivity index (χ4n) is 1.82. The topological polar surface area (TPSA) is 62.5 Å². The monoisotopic (exact) mass is 239 g/mol. The van der Waals surface area contributed by atoms with Gasteiger partial charge in [-0.2, -0.15) is 0 Å². The minimum absolute atomic E-state index is 0.0964. The van der Waals surface area contributed by atoms with E-state index in [4.69, 9.17) is 9.52 Å². The molecule has 0 radical (unpaired) electrons. The Morgan fingerprint density at radius 3 is 2.88 bits per heavy atom. The summed E-state index contributed by atoms with van der Waals surface area (Å²) in [6.07, 6.45) is 4.96. The predicted octanol–water partition coefficient (Wildman–Crippen LogP) is 2.44. The number of aliphatic carboxylic acids is 1. The van der Waals surface area contributed by atoms with Crippen molar-refractivity contribution in [1.82, 2.24) is 5.32 Å². The highest BCUT2D eigenvalue weighted by molar-refractivity contribution is 5.73. The molecule has 1 aromatic rings. The molecule has 0 saturated heterocycles. The first-order valence-corrected chi connectivity index (χ1v) is 6.14. The van der Waals surface area contributed by atoms with Crippen molar-refractivity contribution < 1.29 is 14.3 Å². The molecule has 1 rings (SSSR count). The molecule has 0 aliphatic rings. The fourth-order valence-corrected chi connectivity index (χ4v) is 1.82. The van der Waals surface area contributed by atoms with Crippen LogP contribution in [-0.4, -0.2) is 23.2 Å². The van der Waals surface area contributed by atoms with Gasteiger partial charge in [0.05, 0.1) is 6.26 Å². The first-order chi connectivity index (χ1) is 8.13. The number of carboxylic acid groups (broad SMARTS) is 1. The number of furan rings is 1. The number of unbranched alkanes of at least 4 members (excludes halogenated alkanes) is 1. The Labute approximate surface area is 102 Å². The lowest BCUT2D eigenvalue weighted by Crippen LogP contribution is -2.42. The van der Waals surface area contributed by atoms with Gasteiger partial charge in [-0.15, -0.1) is 0 Å².